The number of aromatic nitrogens is 1. The monoisotopic (exact) mass is 421 g/mol. The van der Waals surface area contributed by atoms with Crippen LogP contribution < -0.4 is 0 Å². The van der Waals surface area contributed by atoms with E-state index in [0.29, 0.717) is 28.0 Å². The molecule has 0 spiro atoms. The summed E-state index contributed by atoms with van der Waals surface area (Å²) in [7, 11) is 0. The van der Waals surface area contributed by atoms with Crippen molar-refractivity contribution >= 4 is 52.1 Å². The van der Waals surface area contributed by atoms with Crippen molar-refractivity contribution < 1.29 is 4.79 Å². The fourth-order valence-corrected chi connectivity index (χ4v) is 4.63. The maximum absolute atomic E-state index is 12.7. The molecule has 0 unspecified atom stereocenters. The van der Waals surface area contributed by atoms with E-state index in [1.54, 1.807) is 11.0 Å². The molecule has 0 atom stereocenters. The van der Waals surface area contributed by atoms with Gasteiger partial charge in [0.2, 0.25) is 0 Å². The van der Waals surface area contributed by atoms with Crippen molar-refractivity contribution in [3.8, 4) is 5.69 Å². The molecule has 1 fully saturated rings. The summed E-state index contributed by atoms with van der Waals surface area (Å²) < 4.78 is 2.06. The normalized spacial score (nSPS) is 17.6. The lowest BCUT2D eigenvalue weighted by atomic mass is 10.2. The highest BCUT2D eigenvalue weighted by Gasteiger charge is 2.32. The summed E-state index contributed by atoms with van der Waals surface area (Å²) in [6.45, 7) is 9.22. The Morgan fingerprint density at radius 2 is 1.96 bits per heavy atom. The van der Waals surface area contributed by atoms with Crippen molar-refractivity contribution in [2.24, 2.45) is 4.99 Å². The van der Waals surface area contributed by atoms with Crippen LogP contribution in [-0.2, 0) is 4.79 Å². The fraction of sp³-hybridized carbons (Fsp3) is 0.300. The molecule has 0 saturated carbocycles. The van der Waals surface area contributed by atoms with Gasteiger partial charge in [-0.1, -0.05) is 29.3 Å². The van der Waals surface area contributed by atoms with Gasteiger partial charge in [-0.2, -0.15) is 0 Å². The molecule has 2 aromatic rings. The molecule has 1 aromatic heterocycles. The highest BCUT2D eigenvalue weighted by molar-refractivity contribution is 8.18. The molecule has 2 heterocycles. The Bertz CT molecular complexity index is 962. The van der Waals surface area contributed by atoms with E-state index in [2.05, 4.69) is 15.6 Å². The Balaban J connectivity index is 2.05. The highest BCUT2D eigenvalue weighted by Crippen LogP contribution is 2.35. The predicted molar refractivity (Wildman–Crippen MR) is 116 cm³/mol. The number of amidine groups is 1. The van der Waals surface area contributed by atoms with Crippen molar-refractivity contribution in [1.82, 2.24) is 9.47 Å². The maximum atomic E-state index is 12.7. The van der Waals surface area contributed by atoms with Crippen molar-refractivity contribution in [1.29, 1.82) is 0 Å². The molecule has 1 amide bonds. The van der Waals surface area contributed by atoms with E-state index in [1.807, 2.05) is 45.9 Å². The molecule has 0 aliphatic carbocycles. The molecule has 1 aromatic carbocycles. The number of carbonyl (C=O) groups is 1. The summed E-state index contributed by atoms with van der Waals surface area (Å²) in [5.41, 5.74) is 3.83. The van der Waals surface area contributed by atoms with E-state index in [1.165, 1.54) is 11.8 Å². The Morgan fingerprint density at radius 3 is 2.63 bits per heavy atom. The van der Waals surface area contributed by atoms with Gasteiger partial charge < -0.3 is 4.57 Å². The van der Waals surface area contributed by atoms with E-state index >= 15 is 0 Å². The highest BCUT2D eigenvalue weighted by atomic mass is 35.5. The van der Waals surface area contributed by atoms with E-state index < -0.39 is 0 Å². The lowest BCUT2D eigenvalue weighted by Gasteiger charge is -2.12. The summed E-state index contributed by atoms with van der Waals surface area (Å²) in [5, 5.41) is 1.80. The molecule has 142 valence electrons. The van der Waals surface area contributed by atoms with Crippen LogP contribution in [0.4, 0.5) is 0 Å². The number of nitrogens with zero attached hydrogens (tertiary/aromatic N) is 3. The minimum absolute atomic E-state index is 0.000269. The molecule has 4 nitrogen and oxygen atoms in total. The lowest BCUT2D eigenvalue weighted by Crippen LogP contribution is -2.28. The predicted octanol–water partition coefficient (Wildman–Crippen LogP) is 5.71. The smallest absolute Gasteiger partial charge is 0.266 e. The average molecular weight is 422 g/mol. The van der Waals surface area contributed by atoms with Gasteiger partial charge in [0.1, 0.15) is 0 Å². The number of benzene rings is 1. The Labute approximate surface area is 173 Å². The van der Waals surface area contributed by atoms with Gasteiger partial charge in [0.05, 0.1) is 20.6 Å². The first kappa shape index (κ1) is 20.1. The van der Waals surface area contributed by atoms with Crippen molar-refractivity contribution in [3.63, 3.8) is 0 Å². The van der Waals surface area contributed by atoms with Crippen LogP contribution in [0.5, 0.6) is 0 Å². The third-order valence-electron chi connectivity index (χ3n) is 4.43. The summed E-state index contributed by atoms with van der Waals surface area (Å²) >= 11 is 14.0. The van der Waals surface area contributed by atoms with Crippen LogP contribution in [0.25, 0.3) is 11.8 Å². The third-order valence-corrected chi connectivity index (χ3v) is 6.28. The van der Waals surface area contributed by atoms with Gasteiger partial charge in [-0.25, -0.2) is 0 Å². The van der Waals surface area contributed by atoms with E-state index in [-0.39, 0.29) is 5.91 Å². The standard InChI is InChI=1S/C20H21Cl2N3OS/c1-5-23-20-24(6-2)19(26)17(27-20)11-14-10-12(3)25(13(14)4)16-9-7-8-15(21)18(16)22/h7-11H,5-6H2,1-4H3/b17-11-,23-20?. The Hall–Kier alpha value is -1.69. The molecule has 0 N–H and O–H groups in total. The minimum Gasteiger partial charge on any atom is -0.316 e. The molecule has 1 aliphatic heterocycles. The maximum Gasteiger partial charge on any atom is 0.266 e. The van der Waals surface area contributed by atoms with Gasteiger partial charge in [-0.15, -0.1) is 0 Å². The zero-order valence-corrected chi connectivity index (χ0v) is 18.0. The summed E-state index contributed by atoms with van der Waals surface area (Å²) in [6, 6.07) is 7.64. The van der Waals surface area contributed by atoms with Gasteiger partial charge in [-0.05, 0) is 69.3 Å². The van der Waals surface area contributed by atoms with Crippen LogP contribution in [0.2, 0.25) is 10.0 Å². The van der Waals surface area contributed by atoms with Gasteiger partial charge in [0.25, 0.3) is 5.91 Å². The fourth-order valence-electron chi connectivity index (χ4n) is 3.15. The number of halogens is 2. The first-order chi connectivity index (χ1) is 12.9. The molecule has 0 radical (unpaired) electrons. The number of amides is 1. The zero-order chi connectivity index (χ0) is 19.7. The van der Waals surface area contributed by atoms with Crippen molar-refractivity contribution in [2.45, 2.75) is 27.7 Å². The number of carbonyl (C=O) groups excluding carboxylic acids is 1. The van der Waals surface area contributed by atoms with Crippen LogP contribution >= 0.6 is 35.0 Å². The second-order valence-corrected chi connectivity index (χ2v) is 7.95. The zero-order valence-electron chi connectivity index (χ0n) is 15.7. The second-order valence-electron chi connectivity index (χ2n) is 6.15. The number of likely N-dealkylation sites (N-methyl/N-ethyl adjacent to an activating group) is 1. The van der Waals surface area contributed by atoms with Crippen LogP contribution in [0.3, 0.4) is 0 Å². The number of aliphatic imine (C=N–C) groups is 1. The second kappa shape index (κ2) is 8.13. The first-order valence-corrected chi connectivity index (χ1v) is 10.3. The molecular formula is C20H21Cl2N3OS. The van der Waals surface area contributed by atoms with Crippen LogP contribution in [0.15, 0.2) is 34.2 Å². The molecule has 0 bridgehead atoms. The number of hydrogen-bond donors (Lipinski definition) is 0. The topological polar surface area (TPSA) is 37.6 Å². The summed E-state index contributed by atoms with van der Waals surface area (Å²) in [4.78, 5) is 19.5. The van der Waals surface area contributed by atoms with Gasteiger partial charge in [0, 0.05) is 24.5 Å². The summed E-state index contributed by atoms with van der Waals surface area (Å²) in [6.07, 6.45) is 1.94. The number of thioether (sulfide) groups is 1. The van der Waals surface area contributed by atoms with E-state index in [9.17, 15) is 4.79 Å². The van der Waals surface area contributed by atoms with E-state index in [4.69, 9.17) is 23.2 Å². The van der Waals surface area contributed by atoms with Gasteiger partial charge >= 0.3 is 0 Å². The lowest BCUT2D eigenvalue weighted by molar-refractivity contribution is -0.122. The largest absolute Gasteiger partial charge is 0.316 e. The van der Waals surface area contributed by atoms with Crippen molar-refractivity contribution in [2.75, 3.05) is 13.1 Å². The van der Waals surface area contributed by atoms with E-state index in [0.717, 1.165) is 27.8 Å². The molecule has 1 saturated heterocycles. The van der Waals surface area contributed by atoms with Crippen LogP contribution in [0.1, 0.15) is 30.8 Å². The molecule has 27 heavy (non-hydrogen) atoms. The quantitative estimate of drug-likeness (QED) is 0.592. The number of rotatable bonds is 4. The molecule has 3 rings (SSSR count). The first-order valence-electron chi connectivity index (χ1n) is 8.78. The third kappa shape index (κ3) is 3.68. The Kier molecular flexibility index (Phi) is 6.04. The molecule has 7 heteroatoms. The van der Waals surface area contributed by atoms with Crippen LogP contribution in [0, 0.1) is 13.8 Å². The van der Waals surface area contributed by atoms with Gasteiger partial charge in [0.15, 0.2) is 5.17 Å². The van der Waals surface area contributed by atoms with Crippen LogP contribution in [-0.4, -0.2) is 33.6 Å². The SMILES string of the molecule is CCN=C1S/C(=C\c2cc(C)n(-c3cccc(Cl)c3Cl)c2C)C(=O)N1CC. The number of hydrogen-bond acceptors (Lipinski definition) is 3. The Morgan fingerprint density at radius 1 is 1.22 bits per heavy atom. The molecular weight excluding hydrogens is 401 g/mol. The van der Waals surface area contributed by atoms with Gasteiger partial charge in [-0.3, -0.25) is 14.7 Å². The van der Waals surface area contributed by atoms with Crippen molar-refractivity contribution in [3.05, 3.63) is 56.2 Å². The summed E-state index contributed by atoms with van der Waals surface area (Å²) in [5.74, 6) is 0.000269. The average Bonchev–Trinajstić information content (AvgIpc) is 3.07. The number of aryl methyl sites for hydroxylation is 1. The molecule has 1 aliphatic rings. The minimum atomic E-state index is 0.000269.